The summed E-state index contributed by atoms with van der Waals surface area (Å²) in [6, 6.07) is 9.34. The first-order chi connectivity index (χ1) is 11.0. The van der Waals surface area contributed by atoms with Gasteiger partial charge in [-0.25, -0.2) is 9.18 Å². The number of aromatic nitrogens is 4. The molecule has 1 aromatic heterocycles. The Morgan fingerprint density at radius 1 is 1.17 bits per heavy atom. The molecule has 0 fully saturated rings. The van der Waals surface area contributed by atoms with Gasteiger partial charge in [0.25, 0.3) is 0 Å². The van der Waals surface area contributed by atoms with Crippen LogP contribution in [0.15, 0.2) is 36.4 Å². The molecule has 0 saturated heterocycles. The van der Waals surface area contributed by atoms with Gasteiger partial charge in [0.15, 0.2) is 5.82 Å². The van der Waals surface area contributed by atoms with Crippen LogP contribution in [0.2, 0.25) is 0 Å². The first kappa shape index (κ1) is 14.8. The third-order valence-corrected chi connectivity index (χ3v) is 3.47. The molecule has 0 aliphatic carbocycles. The van der Waals surface area contributed by atoms with E-state index in [4.69, 9.17) is 0 Å². The first-order valence-electron chi connectivity index (χ1n) is 6.86. The molecule has 3 rings (SSSR count). The smallest absolute Gasteiger partial charge is 0.335 e. The van der Waals surface area contributed by atoms with Crippen LogP contribution in [0, 0.1) is 19.7 Å². The summed E-state index contributed by atoms with van der Waals surface area (Å²) in [5.41, 5.74) is 2.06. The number of tetrazole rings is 1. The lowest BCUT2D eigenvalue weighted by atomic mass is 10.0. The lowest BCUT2D eigenvalue weighted by Crippen LogP contribution is -2.04. The molecule has 0 aliphatic rings. The Morgan fingerprint density at radius 2 is 1.96 bits per heavy atom. The number of hydrogen-bond acceptors (Lipinski definition) is 4. The summed E-state index contributed by atoms with van der Waals surface area (Å²) in [5.74, 6) is -1.01. The molecule has 0 radical (unpaired) electrons. The monoisotopic (exact) mass is 312 g/mol. The van der Waals surface area contributed by atoms with Crippen LogP contribution in [0.1, 0.15) is 21.7 Å². The van der Waals surface area contributed by atoms with Crippen LogP contribution in [-0.4, -0.2) is 31.3 Å². The molecule has 0 unspecified atom stereocenters. The Hall–Kier alpha value is -3.09. The average Bonchev–Trinajstić information content (AvgIpc) is 2.93. The zero-order valence-electron chi connectivity index (χ0n) is 12.5. The van der Waals surface area contributed by atoms with Crippen LogP contribution in [0.25, 0.3) is 16.8 Å². The number of aromatic carboxylic acids is 1. The van der Waals surface area contributed by atoms with Gasteiger partial charge in [0.05, 0.1) is 11.3 Å². The Kier molecular flexibility index (Phi) is 3.61. The minimum Gasteiger partial charge on any atom is -0.478 e. The quantitative estimate of drug-likeness (QED) is 0.804. The van der Waals surface area contributed by atoms with Crippen molar-refractivity contribution in [2.45, 2.75) is 13.8 Å². The predicted molar refractivity (Wildman–Crippen MR) is 81.0 cm³/mol. The SMILES string of the molecule is Cc1ccc(-c2cc(C(=O)O)cc(-n3nnnc3C)c2)c(F)c1. The van der Waals surface area contributed by atoms with Crippen molar-refractivity contribution in [1.82, 2.24) is 20.2 Å². The van der Waals surface area contributed by atoms with E-state index in [1.54, 1.807) is 32.0 Å². The second kappa shape index (κ2) is 5.60. The molecule has 0 bridgehead atoms. The molecule has 6 nitrogen and oxygen atoms in total. The molecule has 116 valence electrons. The molecular weight excluding hydrogens is 299 g/mol. The fourth-order valence-corrected chi connectivity index (χ4v) is 2.34. The van der Waals surface area contributed by atoms with Crippen molar-refractivity contribution in [3.8, 4) is 16.8 Å². The number of halogens is 1. The van der Waals surface area contributed by atoms with E-state index < -0.39 is 11.8 Å². The minimum absolute atomic E-state index is 0.0346. The maximum absolute atomic E-state index is 14.2. The van der Waals surface area contributed by atoms with E-state index in [0.29, 0.717) is 22.6 Å². The summed E-state index contributed by atoms with van der Waals surface area (Å²) >= 11 is 0. The molecule has 0 spiro atoms. The molecule has 0 amide bonds. The van der Waals surface area contributed by atoms with Crippen LogP contribution in [-0.2, 0) is 0 Å². The van der Waals surface area contributed by atoms with Gasteiger partial charge in [-0.15, -0.1) is 5.10 Å². The van der Waals surface area contributed by atoms with Gasteiger partial charge in [0, 0.05) is 5.56 Å². The van der Waals surface area contributed by atoms with Gasteiger partial charge < -0.3 is 5.11 Å². The van der Waals surface area contributed by atoms with E-state index in [1.165, 1.54) is 22.9 Å². The highest BCUT2D eigenvalue weighted by atomic mass is 19.1. The minimum atomic E-state index is -1.11. The number of carbonyl (C=O) groups is 1. The normalized spacial score (nSPS) is 10.7. The van der Waals surface area contributed by atoms with Crippen molar-refractivity contribution < 1.29 is 14.3 Å². The molecule has 0 saturated carbocycles. The highest BCUT2D eigenvalue weighted by molar-refractivity contribution is 5.90. The summed E-state index contributed by atoms with van der Waals surface area (Å²) in [6.07, 6.45) is 0. The summed E-state index contributed by atoms with van der Waals surface area (Å²) < 4.78 is 15.6. The fraction of sp³-hybridized carbons (Fsp3) is 0.125. The standard InChI is InChI=1S/C16H13FN4O2/c1-9-3-4-14(15(17)5-9)11-6-12(16(22)23)8-13(7-11)21-10(2)18-19-20-21/h3-8H,1-2H3,(H,22,23). The van der Waals surface area contributed by atoms with Crippen LogP contribution in [0.3, 0.4) is 0 Å². The van der Waals surface area contributed by atoms with Gasteiger partial charge in [0.2, 0.25) is 0 Å². The molecule has 1 heterocycles. The van der Waals surface area contributed by atoms with Crippen LogP contribution in [0.4, 0.5) is 4.39 Å². The highest BCUT2D eigenvalue weighted by Gasteiger charge is 2.14. The van der Waals surface area contributed by atoms with Gasteiger partial charge >= 0.3 is 5.97 Å². The second-order valence-electron chi connectivity index (χ2n) is 5.19. The largest absolute Gasteiger partial charge is 0.478 e. The molecule has 1 N–H and O–H groups in total. The Labute approximate surface area is 131 Å². The molecule has 0 aliphatic heterocycles. The van der Waals surface area contributed by atoms with Crippen LogP contribution in [0.5, 0.6) is 0 Å². The molecular formula is C16H13FN4O2. The van der Waals surface area contributed by atoms with Gasteiger partial charge in [-0.3, -0.25) is 0 Å². The van der Waals surface area contributed by atoms with Crippen molar-refractivity contribution in [3.05, 3.63) is 59.2 Å². The van der Waals surface area contributed by atoms with E-state index in [9.17, 15) is 14.3 Å². The van der Waals surface area contributed by atoms with E-state index in [2.05, 4.69) is 15.5 Å². The molecule has 2 aromatic carbocycles. The Balaban J connectivity index is 2.23. The zero-order valence-corrected chi connectivity index (χ0v) is 12.5. The van der Waals surface area contributed by atoms with Crippen LogP contribution < -0.4 is 0 Å². The van der Waals surface area contributed by atoms with Gasteiger partial charge in [0.1, 0.15) is 5.82 Å². The molecule has 0 atom stereocenters. The molecule has 23 heavy (non-hydrogen) atoms. The van der Waals surface area contributed by atoms with Crippen molar-refractivity contribution in [2.24, 2.45) is 0 Å². The Bertz CT molecular complexity index is 905. The van der Waals surface area contributed by atoms with E-state index in [-0.39, 0.29) is 5.56 Å². The lowest BCUT2D eigenvalue weighted by Gasteiger charge is -2.10. The van der Waals surface area contributed by atoms with Crippen molar-refractivity contribution in [3.63, 3.8) is 0 Å². The third kappa shape index (κ3) is 2.80. The van der Waals surface area contributed by atoms with Gasteiger partial charge in [-0.2, -0.15) is 4.68 Å². The first-order valence-corrected chi connectivity index (χ1v) is 6.86. The highest BCUT2D eigenvalue weighted by Crippen LogP contribution is 2.27. The van der Waals surface area contributed by atoms with Gasteiger partial charge in [-0.1, -0.05) is 12.1 Å². The van der Waals surface area contributed by atoms with E-state index >= 15 is 0 Å². The zero-order chi connectivity index (χ0) is 16.6. The van der Waals surface area contributed by atoms with Crippen LogP contribution >= 0.6 is 0 Å². The summed E-state index contributed by atoms with van der Waals surface area (Å²) in [6.45, 7) is 3.48. The van der Waals surface area contributed by atoms with E-state index in [1.807, 2.05) is 0 Å². The third-order valence-electron chi connectivity index (χ3n) is 3.47. The maximum atomic E-state index is 14.2. The molecule has 3 aromatic rings. The lowest BCUT2D eigenvalue weighted by molar-refractivity contribution is 0.0697. The van der Waals surface area contributed by atoms with Crippen molar-refractivity contribution in [2.75, 3.05) is 0 Å². The molecule has 7 heteroatoms. The topological polar surface area (TPSA) is 80.9 Å². The average molecular weight is 312 g/mol. The summed E-state index contributed by atoms with van der Waals surface area (Å²) in [4.78, 5) is 11.4. The fourth-order valence-electron chi connectivity index (χ4n) is 2.34. The van der Waals surface area contributed by atoms with Gasteiger partial charge in [-0.05, 0) is 59.7 Å². The van der Waals surface area contributed by atoms with Crippen molar-refractivity contribution in [1.29, 1.82) is 0 Å². The number of hydrogen-bond donors (Lipinski definition) is 1. The number of rotatable bonds is 3. The predicted octanol–water partition coefficient (Wildman–Crippen LogP) is 2.78. The summed E-state index contributed by atoms with van der Waals surface area (Å²) in [5, 5.41) is 20.5. The maximum Gasteiger partial charge on any atom is 0.335 e. The number of benzene rings is 2. The second-order valence-corrected chi connectivity index (χ2v) is 5.19. The number of nitrogens with zero attached hydrogens (tertiary/aromatic N) is 4. The Morgan fingerprint density at radius 3 is 2.57 bits per heavy atom. The van der Waals surface area contributed by atoms with E-state index in [0.717, 1.165) is 5.56 Å². The number of carboxylic acid groups (broad SMARTS) is 1. The van der Waals surface area contributed by atoms with Crippen molar-refractivity contribution >= 4 is 5.97 Å². The number of carboxylic acids is 1. The summed E-state index contributed by atoms with van der Waals surface area (Å²) in [7, 11) is 0. The number of aryl methyl sites for hydroxylation is 2.